The van der Waals surface area contributed by atoms with E-state index in [1.165, 1.54) is 0 Å². The quantitative estimate of drug-likeness (QED) is 0.704. The van der Waals surface area contributed by atoms with Crippen LogP contribution in [0.3, 0.4) is 0 Å². The van der Waals surface area contributed by atoms with Crippen molar-refractivity contribution >= 4 is 17.5 Å². The summed E-state index contributed by atoms with van der Waals surface area (Å²) in [5, 5.41) is 9.48. The predicted molar refractivity (Wildman–Crippen MR) is 98.6 cm³/mol. The highest BCUT2D eigenvalue weighted by Crippen LogP contribution is 2.56. The fourth-order valence-electron chi connectivity index (χ4n) is 4.96. The lowest BCUT2D eigenvalue weighted by Crippen LogP contribution is -2.65. The van der Waals surface area contributed by atoms with E-state index in [1.807, 2.05) is 25.2 Å². The molecule has 0 radical (unpaired) electrons. The van der Waals surface area contributed by atoms with E-state index in [2.05, 4.69) is 19.7 Å². The number of aromatic nitrogens is 3. The van der Waals surface area contributed by atoms with Crippen LogP contribution in [-0.2, 0) is 17.9 Å². The number of carbonyl (C=O) groups is 1. The molecule has 3 heterocycles. The molecule has 154 valence electrons. The summed E-state index contributed by atoms with van der Waals surface area (Å²) in [7, 11) is 2.01. The summed E-state index contributed by atoms with van der Waals surface area (Å²) in [4.78, 5) is 14.4. The van der Waals surface area contributed by atoms with Crippen LogP contribution in [0.25, 0.3) is 5.69 Å². The molecule has 3 aliphatic rings. The van der Waals surface area contributed by atoms with Crippen molar-refractivity contribution in [3.8, 4) is 5.69 Å². The van der Waals surface area contributed by atoms with Crippen molar-refractivity contribution in [3.05, 3.63) is 40.4 Å². The Hall–Kier alpha value is -2.13. The molecule has 0 atom stereocenters. The summed E-state index contributed by atoms with van der Waals surface area (Å²) in [6, 6.07) is 5.75. The summed E-state index contributed by atoms with van der Waals surface area (Å²) in [5.74, 6) is 0.0557. The van der Waals surface area contributed by atoms with Gasteiger partial charge in [0.15, 0.2) is 5.82 Å². The van der Waals surface area contributed by atoms with Crippen LogP contribution in [0.1, 0.15) is 36.0 Å². The van der Waals surface area contributed by atoms with E-state index in [0.29, 0.717) is 24.4 Å². The number of likely N-dealkylation sites (tertiary alicyclic amines) is 1. The molecule has 6 nitrogen and oxygen atoms in total. The number of amides is 1. The number of hydrogen-bond acceptors (Lipinski definition) is 4. The third-order valence-corrected chi connectivity index (χ3v) is 6.43. The maximum absolute atomic E-state index is 12.6. The zero-order valence-corrected chi connectivity index (χ0v) is 16.5. The SMILES string of the molecule is CN1Cc2cc(Cl)ccc2-n2c(nnc2C2CC3(C2)CN(C(=O)C(F)(F)F)C3)C1. The average Bonchev–Trinajstić information content (AvgIpc) is 2.88. The van der Waals surface area contributed by atoms with Crippen LogP contribution in [-0.4, -0.2) is 56.8 Å². The molecule has 0 N–H and O–H groups in total. The first-order valence-electron chi connectivity index (χ1n) is 9.43. The number of benzene rings is 1. The molecule has 1 aromatic heterocycles. The zero-order chi connectivity index (χ0) is 20.6. The Kier molecular flexibility index (Phi) is 4.02. The van der Waals surface area contributed by atoms with Crippen molar-refractivity contribution in [3.63, 3.8) is 0 Å². The van der Waals surface area contributed by atoms with E-state index in [1.54, 1.807) is 0 Å². The molecule has 2 aromatic rings. The van der Waals surface area contributed by atoms with Gasteiger partial charge in [-0.15, -0.1) is 10.2 Å². The van der Waals surface area contributed by atoms with Gasteiger partial charge >= 0.3 is 12.1 Å². The highest BCUT2D eigenvalue weighted by atomic mass is 35.5. The Balaban J connectivity index is 1.37. The van der Waals surface area contributed by atoms with Gasteiger partial charge in [0, 0.05) is 36.0 Å². The maximum atomic E-state index is 12.6. The molecule has 0 bridgehead atoms. The third-order valence-electron chi connectivity index (χ3n) is 6.20. The molecule has 29 heavy (non-hydrogen) atoms. The highest BCUT2D eigenvalue weighted by Gasteiger charge is 2.58. The summed E-state index contributed by atoms with van der Waals surface area (Å²) in [6.45, 7) is 1.71. The molecule has 10 heteroatoms. The van der Waals surface area contributed by atoms with Crippen molar-refractivity contribution in [2.24, 2.45) is 5.41 Å². The number of carbonyl (C=O) groups excluding carboxylic acids is 1. The molecule has 1 aliphatic carbocycles. The number of rotatable bonds is 1. The molecular formula is C19H19ClF3N5O. The predicted octanol–water partition coefficient (Wildman–Crippen LogP) is 3.13. The van der Waals surface area contributed by atoms with Gasteiger partial charge in [-0.3, -0.25) is 14.3 Å². The van der Waals surface area contributed by atoms with E-state index in [9.17, 15) is 18.0 Å². The molecule has 5 rings (SSSR count). The standard InChI is InChI=1S/C19H19ClF3N5O/c1-26-7-11-4-13(20)2-3-14(11)28-15(8-26)24-25-16(28)12-5-18(6-12)9-27(10-18)17(29)19(21,22)23/h2-4,12H,5-10H2,1H3. The largest absolute Gasteiger partial charge is 0.471 e. The Morgan fingerprint density at radius 1 is 1.21 bits per heavy atom. The fraction of sp³-hybridized carbons (Fsp3) is 0.526. The summed E-state index contributed by atoms with van der Waals surface area (Å²) in [5.41, 5.74) is 1.86. The number of halogens is 4. The van der Waals surface area contributed by atoms with Gasteiger partial charge < -0.3 is 4.90 Å². The molecular weight excluding hydrogens is 407 g/mol. The fourth-order valence-corrected chi connectivity index (χ4v) is 5.15. The van der Waals surface area contributed by atoms with Crippen molar-refractivity contribution in [2.45, 2.75) is 38.0 Å². The first-order chi connectivity index (χ1) is 13.7. The van der Waals surface area contributed by atoms with Crippen LogP contribution in [0, 0.1) is 5.41 Å². The third kappa shape index (κ3) is 3.02. The number of fused-ring (bicyclic) bond motifs is 3. The summed E-state index contributed by atoms with van der Waals surface area (Å²) in [6.07, 6.45) is -3.37. The van der Waals surface area contributed by atoms with Crippen LogP contribution >= 0.6 is 11.6 Å². The first kappa shape index (κ1) is 18.9. The lowest BCUT2D eigenvalue weighted by atomic mass is 9.57. The van der Waals surface area contributed by atoms with Crippen LogP contribution < -0.4 is 0 Å². The van der Waals surface area contributed by atoms with Crippen molar-refractivity contribution in [1.82, 2.24) is 24.6 Å². The second-order valence-corrected chi connectivity index (χ2v) is 8.96. The van der Waals surface area contributed by atoms with Gasteiger partial charge in [-0.1, -0.05) is 11.6 Å². The monoisotopic (exact) mass is 425 g/mol. The van der Waals surface area contributed by atoms with Gasteiger partial charge in [0.2, 0.25) is 0 Å². The molecule has 1 aromatic carbocycles. The summed E-state index contributed by atoms with van der Waals surface area (Å²) < 4.78 is 39.9. The second kappa shape index (κ2) is 6.18. The number of nitrogens with zero attached hydrogens (tertiary/aromatic N) is 5. The van der Waals surface area contributed by atoms with Crippen molar-refractivity contribution < 1.29 is 18.0 Å². The lowest BCUT2D eigenvalue weighted by molar-refractivity contribution is -0.201. The van der Waals surface area contributed by atoms with E-state index in [0.717, 1.165) is 34.3 Å². The minimum atomic E-state index is -4.80. The topological polar surface area (TPSA) is 54.3 Å². The van der Waals surface area contributed by atoms with Crippen molar-refractivity contribution in [2.75, 3.05) is 20.1 Å². The van der Waals surface area contributed by atoms with Gasteiger partial charge in [0.1, 0.15) is 5.82 Å². The minimum Gasteiger partial charge on any atom is -0.334 e. The second-order valence-electron chi connectivity index (χ2n) is 8.52. The Morgan fingerprint density at radius 2 is 1.93 bits per heavy atom. The minimum absolute atomic E-state index is 0.117. The zero-order valence-electron chi connectivity index (χ0n) is 15.7. The molecule has 2 fully saturated rings. The Bertz CT molecular complexity index is 990. The van der Waals surface area contributed by atoms with Gasteiger partial charge in [0.05, 0.1) is 12.2 Å². The Labute approximate surface area is 170 Å². The molecule has 2 aliphatic heterocycles. The normalized spacial score (nSPS) is 21.2. The molecule has 1 spiro atoms. The molecule has 1 saturated heterocycles. The average molecular weight is 426 g/mol. The van der Waals surface area contributed by atoms with Gasteiger partial charge in [-0.25, -0.2) is 0 Å². The van der Waals surface area contributed by atoms with Gasteiger partial charge in [-0.05, 0) is 43.7 Å². The van der Waals surface area contributed by atoms with Crippen molar-refractivity contribution in [1.29, 1.82) is 0 Å². The van der Waals surface area contributed by atoms with E-state index >= 15 is 0 Å². The molecule has 0 unspecified atom stereocenters. The number of alkyl halides is 3. The Morgan fingerprint density at radius 3 is 2.62 bits per heavy atom. The number of hydrogen-bond donors (Lipinski definition) is 0. The van der Waals surface area contributed by atoms with E-state index in [-0.39, 0.29) is 24.4 Å². The lowest BCUT2D eigenvalue weighted by Gasteiger charge is -2.58. The van der Waals surface area contributed by atoms with Crippen LogP contribution in [0.2, 0.25) is 5.02 Å². The first-order valence-corrected chi connectivity index (χ1v) is 9.81. The highest BCUT2D eigenvalue weighted by molar-refractivity contribution is 6.30. The van der Waals surface area contributed by atoms with E-state index in [4.69, 9.17) is 11.6 Å². The summed E-state index contributed by atoms with van der Waals surface area (Å²) >= 11 is 6.18. The smallest absolute Gasteiger partial charge is 0.334 e. The van der Waals surface area contributed by atoms with E-state index < -0.39 is 12.1 Å². The molecule has 1 saturated carbocycles. The maximum Gasteiger partial charge on any atom is 0.471 e. The molecule has 1 amide bonds. The van der Waals surface area contributed by atoms with Crippen LogP contribution in [0.4, 0.5) is 13.2 Å². The van der Waals surface area contributed by atoms with Gasteiger partial charge in [-0.2, -0.15) is 13.2 Å². The van der Waals surface area contributed by atoms with Crippen LogP contribution in [0.15, 0.2) is 18.2 Å². The van der Waals surface area contributed by atoms with Crippen LogP contribution in [0.5, 0.6) is 0 Å². The van der Waals surface area contributed by atoms with Gasteiger partial charge in [0.25, 0.3) is 0 Å².